The van der Waals surface area contributed by atoms with Crippen LogP contribution in [0.25, 0.3) is 10.8 Å². The second kappa shape index (κ2) is 8.87. The number of carbonyl (C=O) groups excluding carboxylic acids is 2. The van der Waals surface area contributed by atoms with Crippen LogP contribution in [0.15, 0.2) is 64.9 Å². The minimum atomic E-state index is -0.401. The highest BCUT2D eigenvalue weighted by Gasteiger charge is 2.12. The molecular formula is C20H19NO3S2. The van der Waals surface area contributed by atoms with Gasteiger partial charge in [-0.25, -0.2) is 0 Å². The fraction of sp³-hybridized carbons (Fsp3) is 0.200. The first-order valence-corrected chi connectivity index (χ1v) is 10.1. The van der Waals surface area contributed by atoms with Crippen LogP contribution < -0.4 is 5.32 Å². The number of thioether (sulfide) groups is 1. The van der Waals surface area contributed by atoms with E-state index >= 15 is 0 Å². The summed E-state index contributed by atoms with van der Waals surface area (Å²) < 4.78 is 5.06. The number of esters is 1. The molecule has 3 rings (SSSR count). The van der Waals surface area contributed by atoms with Crippen molar-refractivity contribution in [3.8, 4) is 0 Å². The first-order chi connectivity index (χ1) is 12.6. The third-order valence-corrected chi connectivity index (χ3v) is 5.81. The molecule has 3 aromatic rings. The van der Waals surface area contributed by atoms with Crippen molar-refractivity contribution in [3.05, 3.63) is 64.9 Å². The summed E-state index contributed by atoms with van der Waals surface area (Å²) in [5.41, 5.74) is 0. The van der Waals surface area contributed by atoms with Crippen molar-refractivity contribution in [2.45, 2.75) is 17.9 Å². The first kappa shape index (κ1) is 18.5. The first-order valence-electron chi connectivity index (χ1n) is 8.22. The average Bonchev–Trinajstić information content (AvgIpc) is 3.19. The lowest BCUT2D eigenvalue weighted by atomic mass is 10.1. The number of ether oxygens (including phenoxy) is 1. The molecule has 0 aliphatic carbocycles. The van der Waals surface area contributed by atoms with Crippen LogP contribution in [0, 0.1) is 0 Å². The van der Waals surface area contributed by atoms with Gasteiger partial charge in [-0.3, -0.25) is 9.59 Å². The summed E-state index contributed by atoms with van der Waals surface area (Å²) in [4.78, 5) is 25.8. The van der Waals surface area contributed by atoms with E-state index in [-0.39, 0.29) is 24.3 Å². The Morgan fingerprint density at radius 1 is 1.12 bits per heavy atom. The zero-order chi connectivity index (χ0) is 18.4. The molecule has 134 valence electrons. The predicted molar refractivity (Wildman–Crippen MR) is 107 cm³/mol. The van der Waals surface area contributed by atoms with Gasteiger partial charge in [0.2, 0.25) is 0 Å². The van der Waals surface area contributed by atoms with E-state index in [9.17, 15) is 9.59 Å². The van der Waals surface area contributed by atoms with Crippen LogP contribution in [-0.4, -0.2) is 24.2 Å². The van der Waals surface area contributed by atoms with E-state index < -0.39 is 5.97 Å². The summed E-state index contributed by atoms with van der Waals surface area (Å²) in [5, 5.41) is 7.07. The van der Waals surface area contributed by atoms with Crippen molar-refractivity contribution in [1.82, 2.24) is 5.32 Å². The van der Waals surface area contributed by atoms with E-state index in [2.05, 4.69) is 5.32 Å². The summed E-state index contributed by atoms with van der Waals surface area (Å²) in [7, 11) is 0. The number of fused-ring (bicyclic) bond motifs is 1. The summed E-state index contributed by atoms with van der Waals surface area (Å²) in [6, 6.07) is 17.9. The van der Waals surface area contributed by atoms with Crippen LogP contribution in [0.5, 0.6) is 0 Å². The Morgan fingerprint density at radius 2 is 1.92 bits per heavy atom. The Kier molecular flexibility index (Phi) is 6.30. The molecule has 1 amide bonds. The summed E-state index contributed by atoms with van der Waals surface area (Å²) >= 11 is 2.98. The van der Waals surface area contributed by atoms with Crippen molar-refractivity contribution in [1.29, 1.82) is 0 Å². The standard InChI is InChI=1S/C20H19NO3S2/c1-14(18-7-4-10-25-18)21-19(22)12-24-20(23)13-26-17-9-8-15-5-2-3-6-16(15)11-17/h2-11,14H,12-13H2,1H3,(H,21,22)/t14-/m1/s1. The van der Waals surface area contributed by atoms with E-state index in [1.165, 1.54) is 11.8 Å². The second-order valence-corrected chi connectivity index (χ2v) is 7.79. The molecule has 0 radical (unpaired) electrons. The summed E-state index contributed by atoms with van der Waals surface area (Å²) in [5.74, 6) is -0.524. The van der Waals surface area contributed by atoms with Crippen molar-refractivity contribution in [3.63, 3.8) is 0 Å². The molecule has 0 saturated heterocycles. The number of hydrogen-bond donors (Lipinski definition) is 1. The topological polar surface area (TPSA) is 55.4 Å². The SMILES string of the molecule is C[C@@H](NC(=O)COC(=O)CSc1ccc2ccccc2c1)c1cccs1. The van der Waals surface area contributed by atoms with Crippen molar-refractivity contribution in [2.24, 2.45) is 0 Å². The highest BCUT2D eigenvalue weighted by molar-refractivity contribution is 8.00. The van der Waals surface area contributed by atoms with E-state index in [4.69, 9.17) is 4.74 Å². The van der Waals surface area contributed by atoms with Gasteiger partial charge in [-0.2, -0.15) is 0 Å². The van der Waals surface area contributed by atoms with Gasteiger partial charge in [0.15, 0.2) is 6.61 Å². The molecule has 0 unspecified atom stereocenters. The van der Waals surface area contributed by atoms with Crippen LogP contribution >= 0.6 is 23.1 Å². The number of rotatable bonds is 7. The maximum absolute atomic E-state index is 11.9. The Balaban J connectivity index is 1.42. The van der Waals surface area contributed by atoms with Crippen LogP contribution in [0.1, 0.15) is 17.8 Å². The number of benzene rings is 2. The molecule has 1 aromatic heterocycles. The molecule has 2 aromatic carbocycles. The second-order valence-electron chi connectivity index (χ2n) is 5.76. The molecule has 26 heavy (non-hydrogen) atoms. The lowest BCUT2D eigenvalue weighted by molar-refractivity contribution is -0.146. The smallest absolute Gasteiger partial charge is 0.316 e. The van der Waals surface area contributed by atoms with Crippen LogP contribution in [0.3, 0.4) is 0 Å². The van der Waals surface area contributed by atoms with Gasteiger partial charge < -0.3 is 10.1 Å². The van der Waals surface area contributed by atoms with Crippen molar-refractivity contribution < 1.29 is 14.3 Å². The van der Waals surface area contributed by atoms with Crippen molar-refractivity contribution in [2.75, 3.05) is 12.4 Å². The maximum Gasteiger partial charge on any atom is 0.316 e. The average molecular weight is 386 g/mol. The molecule has 0 aliphatic heterocycles. The Labute approximate surface area is 160 Å². The zero-order valence-corrected chi connectivity index (χ0v) is 15.9. The molecule has 0 fully saturated rings. The van der Waals surface area contributed by atoms with Gasteiger partial charge in [0, 0.05) is 9.77 Å². The third-order valence-electron chi connectivity index (χ3n) is 3.79. The van der Waals surface area contributed by atoms with Crippen LogP contribution in [-0.2, 0) is 14.3 Å². The van der Waals surface area contributed by atoms with E-state index in [1.54, 1.807) is 11.3 Å². The van der Waals surface area contributed by atoms with Crippen LogP contribution in [0.4, 0.5) is 0 Å². The summed E-state index contributed by atoms with van der Waals surface area (Å²) in [6.07, 6.45) is 0. The Bertz CT molecular complexity index is 893. The molecule has 0 saturated carbocycles. The fourth-order valence-corrected chi connectivity index (χ4v) is 3.96. The fourth-order valence-electron chi connectivity index (χ4n) is 2.48. The molecule has 1 atom stereocenters. The molecular weight excluding hydrogens is 366 g/mol. The molecule has 4 nitrogen and oxygen atoms in total. The predicted octanol–water partition coefficient (Wildman–Crippen LogP) is 4.41. The lowest BCUT2D eigenvalue weighted by Gasteiger charge is -2.12. The molecule has 1 N–H and O–H groups in total. The largest absolute Gasteiger partial charge is 0.455 e. The minimum absolute atomic E-state index is 0.0897. The normalized spacial score (nSPS) is 11.9. The monoisotopic (exact) mass is 385 g/mol. The Morgan fingerprint density at radius 3 is 2.69 bits per heavy atom. The highest BCUT2D eigenvalue weighted by atomic mass is 32.2. The number of thiophene rings is 1. The van der Waals surface area contributed by atoms with E-state index in [0.29, 0.717) is 0 Å². The van der Waals surface area contributed by atoms with Gasteiger partial charge >= 0.3 is 5.97 Å². The van der Waals surface area contributed by atoms with Crippen LogP contribution in [0.2, 0.25) is 0 Å². The Hall–Kier alpha value is -2.31. The van der Waals surface area contributed by atoms with Gasteiger partial charge in [0.1, 0.15) is 0 Å². The number of nitrogens with one attached hydrogen (secondary N) is 1. The van der Waals surface area contributed by atoms with Crippen molar-refractivity contribution >= 4 is 45.7 Å². The third kappa shape index (κ3) is 5.09. The number of amides is 1. The maximum atomic E-state index is 11.9. The molecule has 0 spiro atoms. The molecule has 1 heterocycles. The van der Waals surface area contributed by atoms with Gasteiger partial charge in [0.05, 0.1) is 11.8 Å². The van der Waals surface area contributed by atoms with E-state index in [1.807, 2.05) is 66.9 Å². The van der Waals surface area contributed by atoms with Gasteiger partial charge in [-0.05, 0) is 41.3 Å². The molecule has 0 aliphatic rings. The quantitative estimate of drug-likeness (QED) is 0.483. The minimum Gasteiger partial charge on any atom is -0.455 e. The number of carbonyl (C=O) groups is 2. The summed E-state index contributed by atoms with van der Waals surface area (Å²) in [6.45, 7) is 1.65. The van der Waals surface area contributed by atoms with Gasteiger partial charge in [-0.1, -0.05) is 36.4 Å². The number of hydrogen-bond acceptors (Lipinski definition) is 5. The van der Waals surface area contributed by atoms with Gasteiger partial charge in [0.25, 0.3) is 5.91 Å². The van der Waals surface area contributed by atoms with Gasteiger partial charge in [-0.15, -0.1) is 23.1 Å². The zero-order valence-electron chi connectivity index (χ0n) is 14.3. The molecule has 6 heteroatoms. The molecule has 0 bridgehead atoms. The lowest BCUT2D eigenvalue weighted by Crippen LogP contribution is -2.31. The van der Waals surface area contributed by atoms with E-state index in [0.717, 1.165) is 20.5 Å². The highest BCUT2D eigenvalue weighted by Crippen LogP contribution is 2.23.